The zero-order valence-electron chi connectivity index (χ0n) is 21.7. The molecule has 0 spiro atoms. The molecular weight excluding hydrogens is 552 g/mol. The van der Waals surface area contributed by atoms with E-state index in [0.29, 0.717) is 52.3 Å². The number of methoxy groups -OCH3 is 1. The lowest BCUT2D eigenvalue weighted by atomic mass is 10.1. The SMILES string of the molecule is COC(=O)Nc1ccc2c(c1)NCCNC(=O)CC(NC(=O)/C=C/c1cc(Cl)ccc1-n1cnnn1)c1nc-2c[nH]1. The third kappa shape index (κ3) is 6.67. The molecule has 41 heavy (non-hydrogen) atoms. The van der Waals surface area contributed by atoms with E-state index in [9.17, 15) is 14.4 Å². The first-order chi connectivity index (χ1) is 19.9. The third-order valence-corrected chi connectivity index (χ3v) is 6.36. The average Bonchev–Trinajstić information content (AvgIpc) is 3.67. The van der Waals surface area contributed by atoms with Gasteiger partial charge in [0.15, 0.2) is 0 Å². The Morgan fingerprint density at radius 3 is 2.83 bits per heavy atom. The van der Waals surface area contributed by atoms with Crippen molar-refractivity contribution in [1.82, 2.24) is 40.8 Å². The molecule has 0 radical (unpaired) electrons. The largest absolute Gasteiger partial charge is 0.453 e. The van der Waals surface area contributed by atoms with Crippen molar-refractivity contribution >= 4 is 47.0 Å². The molecule has 2 aromatic heterocycles. The summed E-state index contributed by atoms with van der Waals surface area (Å²) >= 11 is 6.17. The highest BCUT2D eigenvalue weighted by molar-refractivity contribution is 6.30. The van der Waals surface area contributed by atoms with Crippen LogP contribution in [0.25, 0.3) is 23.0 Å². The van der Waals surface area contributed by atoms with Crippen molar-refractivity contribution in [3.8, 4) is 16.9 Å². The summed E-state index contributed by atoms with van der Waals surface area (Å²) in [6, 6.07) is 9.65. The smallest absolute Gasteiger partial charge is 0.411 e. The molecule has 2 bridgehead atoms. The molecule has 15 heteroatoms. The van der Waals surface area contributed by atoms with E-state index in [-0.39, 0.29) is 12.3 Å². The van der Waals surface area contributed by atoms with Crippen molar-refractivity contribution in [3.05, 3.63) is 71.4 Å². The number of amides is 3. The fraction of sp³-hybridized carbons (Fsp3) is 0.192. The molecule has 1 aliphatic heterocycles. The van der Waals surface area contributed by atoms with Crippen LogP contribution in [0.1, 0.15) is 23.9 Å². The topological polar surface area (TPSA) is 181 Å². The number of aromatic amines is 1. The Balaban J connectivity index is 1.39. The molecule has 14 nitrogen and oxygen atoms in total. The first kappa shape index (κ1) is 27.3. The third-order valence-electron chi connectivity index (χ3n) is 6.12. The molecule has 5 rings (SSSR count). The van der Waals surface area contributed by atoms with E-state index < -0.39 is 18.0 Å². The van der Waals surface area contributed by atoms with Crippen molar-refractivity contribution in [2.45, 2.75) is 12.5 Å². The molecule has 210 valence electrons. The van der Waals surface area contributed by atoms with Crippen LogP contribution in [-0.4, -0.2) is 68.3 Å². The maximum Gasteiger partial charge on any atom is 0.411 e. The molecule has 4 aromatic rings. The van der Waals surface area contributed by atoms with E-state index in [1.54, 1.807) is 48.7 Å². The number of tetrazole rings is 1. The number of anilines is 2. The van der Waals surface area contributed by atoms with Gasteiger partial charge in [-0.1, -0.05) is 11.6 Å². The van der Waals surface area contributed by atoms with Crippen LogP contribution >= 0.6 is 11.6 Å². The fourth-order valence-electron chi connectivity index (χ4n) is 4.21. The summed E-state index contributed by atoms with van der Waals surface area (Å²) in [6.45, 7) is 0.752. The molecular formula is C26H25ClN10O4. The lowest BCUT2D eigenvalue weighted by Crippen LogP contribution is -2.35. The summed E-state index contributed by atoms with van der Waals surface area (Å²) in [7, 11) is 1.28. The van der Waals surface area contributed by atoms with Crippen LogP contribution in [0.4, 0.5) is 16.2 Å². The first-order valence-electron chi connectivity index (χ1n) is 12.5. The van der Waals surface area contributed by atoms with Gasteiger partial charge in [-0.15, -0.1) is 5.10 Å². The predicted octanol–water partition coefficient (Wildman–Crippen LogP) is 2.69. The number of imidazole rings is 1. The van der Waals surface area contributed by atoms with Gasteiger partial charge in [-0.3, -0.25) is 14.9 Å². The fourth-order valence-corrected chi connectivity index (χ4v) is 4.39. The van der Waals surface area contributed by atoms with Crippen LogP contribution in [0.15, 0.2) is 55.0 Å². The Hall–Kier alpha value is -5.24. The number of carbonyl (C=O) groups excluding carboxylic acids is 3. The summed E-state index contributed by atoms with van der Waals surface area (Å²) in [5.74, 6) is -0.315. The maximum absolute atomic E-state index is 13.0. The van der Waals surface area contributed by atoms with Gasteiger partial charge in [-0.05, 0) is 52.9 Å². The van der Waals surface area contributed by atoms with Crippen LogP contribution < -0.4 is 21.3 Å². The molecule has 2 aromatic carbocycles. The number of hydrogen-bond acceptors (Lipinski definition) is 9. The second-order valence-corrected chi connectivity index (χ2v) is 9.32. The second-order valence-electron chi connectivity index (χ2n) is 8.88. The summed E-state index contributed by atoms with van der Waals surface area (Å²) < 4.78 is 6.12. The molecule has 1 unspecified atom stereocenters. The highest BCUT2D eigenvalue weighted by Gasteiger charge is 2.22. The maximum atomic E-state index is 13.0. The molecule has 3 amide bonds. The van der Waals surface area contributed by atoms with Crippen molar-refractivity contribution in [2.75, 3.05) is 30.8 Å². The van der Waals surface area contributed by atoms with Gasteiger partial charge in [-0.25, -0.2) is 9.78 Å². The van der Waals surface area contributed by atoms with Crippen LogP contribution in [0.2, 0.25) is 5.02 Å². The molecule has 5 N–H and O–H groups in total. The Bertz CT molecular complexity index is 1600. The van der Waals surface area contributed by atoms with Crippen molar-refractivity contribution in [3.63, 3.8) is 0 Å². The number of rotatable bonds is 5. The number of fused-ring (bicyclic) bond motifs is 4. The van der Waals surface area contributed by atoms with Gasteiger partial charge in [0.05, 0.1) is 31.0 Å². The standard InChI is InChI=1S/C26H25ClN10O4/c1-41-26(40)32-17-4-5-18-19(11-17)28-8-9-29-24(39)12-20(25-30-13-21(18)34-25)33-23(38)7-2-15-10-16(27)3-6-22(15)37-14-31-35-36-37/h2-7,10-11,13-14,20,28H,8-9,12H2,1H3,(H,29,39)(H,30,34)(H,32,40)(H,33,38)/b7-2+. The van der Waals surface area contributed by atoms with Gasteiger partial charge in [0.25, 0.3) is 0 Å². The minimum atomic E-state index is -0.740. The van der Waals surface area contributed by atoms with Gasteiger partial charge in [0, 0.05) is 52.9 Å². The average molecular weight is 577 g/mol. The number of carbonyl (C=O) groups is 3. The second kappa shape index (κ2) is 12.3. The van der Waals surface area contributed by atoms with E-state index in [4.69, 9.17) is 11.6 Å². The minimum absolute atomic E-state index is 0.0333. The van der Waals surface area contributed by atoms with Crippen LogP contribution in [0.3, 0.4) is 0 Å². The minimum Gasteiger partial charge on any atom is -0.453 e. The molecule has 3 heterocycles. The Labute approximate surface area is 238 Å². The van der Waals surface area contributed by atoms with Gasteiger partial charge < -0.3 is 25.7 Å². The Morgan fingerprint density at radius 1 is 1.17 bits per heavy atom. The van der Waals surface area contributed by atoms with Crippen molar-refractivity contribution in [1.29, 1.82) is 0 Å². The zero-order chi connectivity index (χ0) is 28.8. The van der Waals surface area contributed by atoms with Gasteiger partial charge in [-0.2, -0.15) is 4.68 Å². The van der Waals surface area contributed by atoms with Crippen LogP contribution in [0, 0.1) is 0 Å². The number of hydrogen-bond donors (Lipinski definition) is 5. The highest BCUT2D eigenvalue weighted by Crippen LogP contribution is 2.31. The van der Waals surface area contributed by atoms with E-state index in [1.165, 1.54) is 24.2 Å². The number of benzene rings is 2. The number of halogens is 1. The van der Waals surface area contributed by atoms with E-state index in [0.717, 1.165) is 5.56 Å². The Morgan fingerprint density at radius 2 is 2.02 bits per heavy atom. The van der Waals surface area contributed by atoms with Gasteiger partial charge in [0.2, 0.25) is 11.8 Å². The van der Waals surface area contributed by atoms with Gasteiger partial charge >= 0.3 is 6.09 Å². The van der Waals surface area contributed by atoms with Crippen LogP contribution in [0.5, 0.6) is 0 Å². The molecule has 0 aliphatic carbocycles. The Kier molecular flexibility index (Phi) is 8.20. The highest BCUT2D eigenvalue weighted by atomic mass is 35.5. The summed E-state index contributed by atoms with van der Waals surface area (Å²) in [6.07, 6.45) is 5.42. The monoisotopic (exact) mass is 576 g/mol. The summed E-state index contributed by atoms with van der Waals surface area (Å²) in [5, 5.41) is 23.3. The summed E-state index contributed by atoms with van der Waals surface area (Å²) in [4.78, 5) is 45.1. The molecule has 0 saturated heterocycles. The number of nitrogens with zero attached hydrogens (tertiary/aromatic N) is 5. The summed E-state index contributed by atoms with van der Waals surface area (Å²) in [5.41, 5.74) is 3.80. The van der Waals surface area contributed by atoms with Crippen molar-refractivity contribution in [2.24, 2.45) is 0 Å². The quantitative estimate of drug-likeness (QED) is 0.223. The lowest BCUT2D eigenvalue weighted by molar-refractivity contribution is -0.122. The number of ether oxygens (including phenoxy) is 1. The van der Waals surface area contributed by atoms with E-state index >= 15 is 0 Å². The lowest BCUT2D eigenvalue weighted by Gasteiger charge is -2.18. The number of H-pyrrole nitrogens is 1. The van der Waals surface area contributed by atoms with E-state index in [2.05, 4.69) is 51.5 Å². The molecule has 0 saturated carbocycles. The number of nitrogens with one attached hydrogen (secondary N) is 5. The van der Waals surface area contributed by atoms with Crippen molar-refractivity contribution < 1.29 is 19.1 Å². The zero-order valence-corrected chi connectivity index (χ0v) is 22.5. The predicted molar refractivity (Wildman–Crippen MR) is 150 cm³/mol. The normalized spacial score (nSPS) is 15.1. The molecule has 1 aliphatic rings. The number of aromatic nitrogens is 6. The molecule has 0 fully saturated rings. The van der Waals surface area contributed by atoms with Gasteiger partial charge in [0.1, 0.15) is 12.2 Å². The molecule has 1 atom stereocenters. The first-order valence-corrected chi connectivity index (χ1v) is 12.8. The van der Waals surface area contributed by atoms with E-state index in [1.807, 2.05) is 0 Å². The van der Waals surface area contributed by atoms with Crippen LogP contribution in [-0.2, 0) is 14.3 Å².